The molecule has 0 saturated heterocycles. The van der Waals surface area contributed by atoms with Crippen LogP contribution >= 0.6 is 11.6 Å². The number of rotatable bonds is 5. The summed E-state index contributed by atoms with van der Waals surface area (Å²) in [6, 6.07) is 6.11. The van der Waals surface area contributed by atoms with Gasteiger partial charge in [-0.1, -0.05) is 43.6 Å². The molecule has 5 heteroatoms. The molecule has 0 aliphatic carbocycles. The van der Waals surface area contributed by atoms with Gasteiger partial charge in [-0.25, -0.2) is 0 Å². The largest absolute Gasteiger partial charge is 0.324 e. The molecule has 2 aromatic rings. The normalized spacial score (nSPS) is 10.6. The van der Waals surface area contributed by atoms with Crippen LogP contribution in [0, 0.1) is 0 Å². The standard InChI is InChI=1S/C15H18ClN3O/c1-3-11-6-5-7-12(4-2)15(11)18-14(20)10-19-9-13(16)8-17-19/h5-9H,3-4,10H2,1-2H3,(H,18,20). The number of halogens is 1. The average Bonchev–Trinajstić information content (AvgIpc) is 2.84. The second kappa shape index (κ2) is 6.57. The van der Waals surface area contributed by atoms with E-state index in [2.05, 4.69) is 24.3 Å². The molecule has 1 amide bonds. The summed E-state index contributed by atoms with van der Waals surface area (Å²) in [5.74, 6) is -0.0969. The number of hydrogen-bond donors (Lipinski definition) is 1. The molecule has 0 spiro atoms. The third-order valence-electron chi connectivity index (χ3n) is 3.17. The van der Waals surface area contributed by atoms with Crippen LogP contribution in [0.2, 0.25) is 5.02 Å². The number of aromatic nitrogens is 2. The van der Waals surface area contributed by atoms with Crippen molar-refractivity contribution in [2.45, 2.75) is 33.2 Å². The maximum absolute atomic E-state index is 12.1. The van der Waals surface area contributed by atoms with Gasteiger partial charge in [-0.05, 0) is 24.0 Å². The smallest absolute Gasteiger partial charge is 0.246 e. The van der Waals surface area contributed by atoms with Crippen LogP contribution in [-0.4, -0.2) is 15.7 Å². The van der Waals surface area contributed by atoms with Crippen LogP contribution < -0.4 is 5.32 Å². The Morgan fingerprint density at radius 2 is 1.95 bits per heavy atom. The molecule has 106 valence electrons. The third kappa shape index (κ3) is 3.39. The highest BCUT2D eigenvalue weighted by atomic mass is 35.5. The number of para-hydroxylation sites is 1. The molecule has 0 saturated carbocycles. The van der Waals surface area contributed by atoms with Crippen LogP contribution in [0.3, 0.4) is 0 Å². The predicted molar refractivity (Wildman–Crippen MR) is 81.1 cm³/mol. The number of anilines is 1. The van der Waals surface area contributed by atoms with Gasteiger partial charge in [0.1, 0.15) is 6.54 Å². The zero-order chi connectivity index (χ0) is 14.5. The Morgan fingerprint density at radius 3 is 2.45 bits per heavy atom. The highest BCUT2D eigenvalue weighted by Crippen LogP contribution is 2.22. The van der Waals surface area contributed by atoms with E-state index in [9.17, 15) is 4.79 Å². The average molecular weight is 292 g/mol. The Labute approximate surface area is 123 Å². The van der Waals surface area contributed by atoms with Crippen molar-refractivity contribution in [2.24, 2.45) is 0 Å². The minimum Gasteiger partial charge on any atom is -0.324 e. The molecule has 0 radical (unpaired) electrons. The SMILES string of the molecule is CCc1cccc(CC)c1NC(=O)Cn1cc(Cl)cn1. The second-order valence-corrected chi connectivity index (χ2v) is 5.00. The Bertz CT molecular complexity index is 585. The summed E-state index contributed by atoms with van der Waals surface area (Å²) >= 11 is 5.78. The number of benzene rings is 1. The van der Waals surface area contributed by atoms with Gasteiger partial charge in [-0.15, -0.1) is 0 Å². The van der Waals surface area contributed by atoms with Crippen molar-refractivity contribution in [2.75, 3.05) is 5.32 Å². The van der Waals surface area contributed by atoms with Crippen molar-refractivity contribution >= 4 is 23.2 Å². The van der Waals surface area contributed by atoms with E-state index >= 15 is 0 Å². The van der Waals surface area contributed by atoms with Gasteiger partial charge in [0.05, 0.1) is 11.2 Å². The molecule has 1 aromatic carbocycles. The molecular formula is C15H18ClN3O. The van der Waals surface area contributed by atoms with Crippen molar-refractivity contribution in [3.05, 3.63) is 46.7 Å². The van der Waals surface area contributed by atoms with Crippen molar-refractivity contribution in [1.82, 2.24) is 9.78 Å². The molecule has 0 aliphatic heterocycles. The Hall–Kier alpha value is -1.81. The van der Waals surface area contributed by atoms with E-state index in [1.165, 1.54) is 10.9 Å². The van der Waals surface area contributed by atoms with Gasteiger partial charge in [0.15, 0.2) is 0 Å². The van der Waals surface area contributed by atoms with Crippen molar-refractivity contribution < 1.29 is 4.79 Å². The second-order valence-electron chi connectivity index (χ2n) is 4.56. The van der Waals surface area contributed by atoms with Crippen LogP contribution in [0.4, 0.5) is 5.69 Å². The van der Waals surface area contributed by atoms with Gasteiger partial charge in [0.2, 0.25) is 5.91 Å². The molecule has 0 aliphatic rings. The molecule has 1 heterocycles. The topological polar surface area (TPSA) is 46.9 Å². The molecule has 1 N–H and O–H groups in total. The van der Waals surface area contributed by atoms with Gasteiger partial charge < -0.3 is 5.32 Å². The van der Waals surface area contributed by atoms with E-state index in [1.54, 1.807) is 6.20 Å². The van der Waals surface area contributed by atoms with Gasteiger partial charge in [0.25, 0.3) is 0 Å². The highest BCUT2D eigenvalue weighted by molar-refractivity contribution is 6.30. The summed E-state index contributed by atoms with van der Waals surface area (Å²) in [5.41, 5.74) is 3.23. The van der Waals surface area contributed by atoms with Crippen molar-refractivity contribution in [1.29, 1.82) is 0 Å². The molecular weight excluding hydrogens is 274 g/mol. The Kier molecular flexibility index (Phi) is 4.79. The van der Waals surface area contributed by atoms with Crippen LogP contribution in [0.1, 0.15) is 25.0 Å². The summed E-state index contributed by atoms with van der Waals surface area (Å²) in [6.07, 6.45) is 4.92. The van der Waals surface area contributed by atoms with E-state index < -0.39 is 0 Å². The van der Waals surface area contributed by atoms with E-state index in [0.29, 0.717) is 5.02 Å². The Morgan fingerprint density at radius 1 is 1.30 bits per heavy atom. The lowest BCUT2D eigenvalue weighted by molar-refractivity contribution is -0.116. The summed E-state index contributed by atoms with van der Waals surface area (Å²) in [7, 11) is 0. The molecule has 0 bridgehead atoms. The first-order chi connectivity index (χ1) is 9.63. The highest BCUT2D eigenvalue weighted by Gasteiger charge is 2.10. The predicted octanol–water partition coefficient (Wildman–Crippen LogP) is 3.30. The zero-order valence-corrected chi connectivity index (χ0v) is 12.4. The molecule has 1 aromatic heterocycles. The summed E-state index contributed by atoms with van der Waals surface area (Å²) in [4.78, 5) is 12.1. The fourth-order valence-corrected chi connectivity index (χ4v) is 2.31. The van der Waals surface area contributed by atoms with Gasteiger partial charge in [-0.3, -0.25) is 9.48 Å². The number of nitrogens with one attached hydrogen (secondary N) is 1. The lowest BCUT2D eigenvalue weighted by Crippen LogP contribution is -2.20. The maximum Gasteiger partial charge on any atom is 0.246 e. The van der Waals surface area contributed by atoms with E-state index in [0.717, 1.165) is 29.7 Å². The maximum atomic E-state index is 12.1. The monoisotopic (exact) mass is 291 g/mol. The minimum absolute atomic E-state index is 0.0969. The van der Waals surface area contributed by atoms with Gasteiger partial charge >= 0.3 is 0 Å². The van der Waals surface area contributed by atoms with Crippen LogP contribution in [0.15, 0.2) is 30.6 Å². The van der Waals surface area contributed by atoms with Crippen LogP contribution in [0.25, 0.3) is 0 Å². The van der Waals surface area contributed by atoms with Crippen LogP contribution in [0.5, 0.6) is 0 Å². The van der Waals surface area contributed by atoms with Crippen molar-refractivity contribution in [3.63, 3.8) is 0 Å². The van der Waals surface area contributed by atoms with Crippen molar-refractivity contribution in [3.8, 4) is 0 Å². The zero-order valence-electron chi connectivity index (χ0n) is 11.7. The third-order valence-corrected chi connectivity index (χ3v) is 3.37. The summed E-state index contributed by atoms with van der Waals surface area (Å²) < 4.78 is 1.53. The quantitative estimate of drug-likeness (QED) is 0.919. The molecule has 4 nitrogen and oxygen atoms in total. The molecule has 2 rings (SSSR count). The number of amides is 1. The number of aryl methyl sites for hydroxylation is 2. The summed E-state index contributed by atoms with van der Waals surface area (Å²) in [6.45, 7) is 4.32. The van der Waals surface area contributed by atoms with Gasteiger partial charge in [-0.2, -0.15) is 5.10 Å². The fraction of sp³-hybridized carbons (Fsp3) is 0.333. The van der Waals surface area contributed by atoms with Gasteiger partial charge in [0, 0.05) is 11.9 Å². The molecule has 20 heavy (non-hydrogen) atoms. The van der Waals surface area contributed by atoms with E-state index in [-0.39, 0.29) is 12.5 Å². The number of nitrogens with zero attached hydrogens (tertiary/aromatic N) is 2. The number of hydrogen-bond acceptors (Lipinski definition) is 2. The summed E-state index contributed by atoms with van der Waals surface area (Å²) in [5, 5.41) is 7.53. The van der Waals surface area contributed by atoms with E-state index in [4.69, 9.17) is 11.6 Å². The number of carbonyl (C=O) groups excluding carboxylic acids is 1. The molecule has 0 atom stereocenters. The molecule has 0 fully saturated rings. The number of carbonyl (C=O) groups is 1. The lowest BCUT2D eigenvalue weighted by atomic mass is 10.0. The minimum atomic E-state index is -0.0969. The van der Waals surface area contributed by atoms with E-state index in [1.807, 2.05) is 18.2 Å². The first kappa shape index (κ1) is 14.6. The first-order valence-corrected chi connectivity index (χ1v) is 7.10. The molecule has 0 unspecified atom stereocenters. The Balaban J connectivity index is 2.14. The van der Waals surface area contributed by atoms with Crippen LogP contribution in [-0.2, 0) is 24.2 Å². The fourth-order valence-electron chi connectivity index (χ4n) is 2.15. The lowest BCUT2D eigenvalue weighted by Gasteiger charge is -2.14. The first-order valence-electron chi connectivity index (χ1n) is 6.72.